The Morgan fingerprint density at radius 1 is 0.892 bits per heavy atom. The van der Waals surface area contributed by atoms with Crippen LogP contribution in [0.2, 0.25) is 5.02 Å². The number of aryl methyl sites for hydroxylation is 1. The Labute approximate surface area is 221 Å². The minimum atomic E-state index is -1.21. The predicted octanol–water partition coefficient (Wildman–Crippen LogP) is 5.18. The summed E-state index contributed by atoms with van der Waals surface area (Å²) in [5, 5.41) is 23.9. The fraction of sp³-hybridized carbons (Fsp3) is 0.333. The summed E-state index contributed by atoms with van der Waals surface area (Å²) in [5.74, 6) is 0. The van der Waals surface area contributed by atoms with E-state index in [0.29, 0.717) is 11.4 Å². The van der Waals surface area contributed by atoms with Crippen molar-refractivity contribution in [3.63, 3.8) is 0 Å². The number of hydrogen-bond acceptors (Lipinski definition) is 5. The van der Waals surface area contributed by atoms with E-state index < -0.39 is 36.9 Å². The van der Waals surface area contributed by atoms with Gasteiger partial charge in [0.25, 0.3) is 0 Å². The molecule has 7 heteroatoms. The van der Waals surface area contributed by atoms with Gasteiger partial charge in [-0.05, 0) is 41.7 Å². The van der Waals surface area contributed by atoms with Crippen molar-refractivity contribution in [2.45, 2.75) is 56.7 Å². The van der Waals surface area contributed by atoms with Crippen LogP contribution < -0.4 is 0 Å². The molecule has 2 aliphatic heterocycles. The molecule has 6 atom stereocenters. The zero-order chi connectivity index (χ0) is 25.5. The lowest BCUT2D eigenvalue weighted by Crippen LogP contribution is -2.59. The first kappa shape index (κ1) is 24.6. The predicted molar refractivity (Wildman–Crippen MR) is 142 cm³/mol. The Morgan fingerprint density at radius 2 is 1.65 bits per heavy atom. The molecule has 2 fully saturated rings. The normalized spacial score (nSPS) is 27.8. The first-order valence-electron chi connectivity index (χ1n) is 12.7. The van der Waals surface area contributed by atoms with Crippen molar-refractivity contribution in [2.75, 3.05) is 6.61 Å². The van der Waals surface area contributed by atoms with Crippen LogP contribution in [-0.4, -0.2) is 45.8 Å². The highest BCUT2D eigenvalue weighted by molar-refractivity contribution is 6.35. The minimum absolute atomic E-state index is 0.237. The summed E-state index contributed by atoms with van der Waals surface area (Å²) >= 11 is 6.67. The molecule has 4 aromatic rings. The molecule has 0 bridgehead atoms. The number of benzene rings is 3. The van der Waals surface area contributed by atoms with Crippen molar-refractivity contribution < 1.29 is 24.4 Å². The molecule has 0 spiro atoms. The molecule has 0 aliphatic carbocycles. The van der Waals surface area contributed by atoms with Crippen LogP contribution in [0.15, 0.2) is 79.0 Å². The second kappa shape index (κ2) is 10.2. The second-order valence-corrected chi connectivity index (χ2v) is 10.2. The van der Waals surface area contributed by atoms with Crippen LogP contribution in [0, 0.1) is 0 Å². The number of halogens is 1. The molecule has 0 amide bonds. The van der Waals surface area contributed by atoms with Crippen LogP contribution in [0.3, 0.4) is 0 Å². The number of aliphatic hydroxyl groups is 2. The van der Waals surface area contributed by atoms with Gasteiger partial charge in [-0.25, -0.2) is 0 Å². The topological polar surface area (TPSA) is 73.1 Å². The van der Waals surface area contributed by atoms with E-state index in [2.05, 4.69) is 31.2 Å². The van der Waals surface area contributed by atoms with Crippen molar-refractivity contribution >= 4 is 22.5 Å². The molecule has 37 heavy (non-hydrogen) atoms. The maximum atomic E-state index is 11.2. The molecule has 6 rings (SSSR count). The Morgan fingerprint density at radius 3 is 2.41 bits per heavy atom. The van der Waals surface area contributed by atoms with Gasteiger partial charge in [-0.1, -0.05) is 79.2 Å². The number of rotatable bonds is 5. The van der Waals surface area contributed by atoms with E-state index in [1.165, 1.54) is 11.1 Å². The third-order valence-electron chi connectivity index (χ3n) is 7.41. The van der Waals surface area contributed by atoms with Crippen molar-refractivity contribution in [3.8, 4) is 0 Å². The fourth-order valence-electron chi connectivity index (χ4n) is 5.41. The molecule has 0 saturated carbocycles. The summed E-state index contributed by atoms with van der Waals surface area (Å²) in [6.45, 7) is 2.38. The third-order valence-corrected chi connectivity index (χ3v) is 7.72. The van der Waals surface area contributed by atoms with Crippen LogP contribution in [0.5, 0.6) is 0 Å². The Bertz CT molecular complexity index is 1370. The Kier molecular flexibility index (Phi) is 6.80. The van der Waals surface area contributed by atoms with Gasteiger partial charge in [0.1, 0.15) is 24.4 Å². The molecule has 6 nitrogen and oxygen atoms in total. The van der Waals surface area contributed by atoms with Crippen molar-refractivity contribution in [1.82, 2.24) is 4.57 Å². The van der Waals surface area contributed by atoms with Gasteiger partial charge in [-0.15, -0.1) is 0 Å². The summed E-state index contributed by atoms with van der Waals surface area (Å²) in [6, 6.07) is 23.8. The van der Waals surface area contributed by atoms with Gasteiger partial charge in [-0.2, -0.15) is 0 Å². The molecule has 0 radical (unpaired) electrons. The number of ether oxygens (including phenoxy) is 3. The summed E-state index contributed by atoms with van der Waals surface area (Å²) in [5.41, 5.74) is 5.17. The molecule has 192 valence electrons. The maximum Gasteiger partial charge on any atom is 0.184 e. The van der Waals surface area contributed by atoms with Gasteiger partial charge in [0.2, 0.25) is 0 Å². The standard InChI is InChI=1S/C30H30ClNO5/c1-2-18-11-13-19(14-12-18)15-21-16-32(23-10-6-9-22(31)25(21)23)29-27(34)26(33)28-24(36-29)17-35-30(37-28)20-7-4-3-5-8-20/h3-14,16,24,26-30,33-34H,2,15,17H2,1H3/t24-,26-,27-,28+,29-,30?/m1/s1. The molecule has 1 unspecified atom stereocenters. The zero-order valence-electron chi connectivity index (χ0n) is 20.5. The minimum Gasteiger partial charge on any atom is -0.387 e. The van der Waals surface area contributed by atoms with E-state index in [1.807, 2.05) is 59.3 Å². The SMILES string of the molecule is CCc1ccc(Cc2cn([C@@H]3O[C@@H]4COC(c5ccccc5)O[C@@H]4[C@H](O)[C@H]3O)c3cccc(Cl)c23)cc1. The van der Waals surface area contributed by atoms with Crippen LogP contribution >= 0.6 is 11.6 Å². The Hall–Kier alpha value is -2.71. The van der Waals surface area contributed by atoms with Crippen LogP contribution in [0.4, 0.5) is 0 Å². The van der Waals surface area contributed by atoms with E-state index in [0.717, 1.165) is 28.5 Å². The largest absolute Gasteiger partial charge is 0.387 e. The summed E-state index contributed by atoms with van der Waals surface area (Å²) in [7, 11) is 0. The van der Waals surface area contributed by atoms with Crippen molar-refractivity contribution in [3.05, 3.63) is 106 Å². The van der Waals surface area contributed by atoms with Gasteiger partial charge in [0, 0.05) is 17.1 Å². The molecule has 3 heterocycles. The molecular formula is C30H30ClNO5. The number of fused-ring (bicyclic) bond motifs is 2. The first-order chi connectivity index (χ1) is 18.0. The lowest BCUT2D eigenvalue weighted by atomic mass is 9.97. The van der Waals surface area contributed by atoms with E-state index >= 15 is 0 Å². The number of hydrogen-bond donors (Lipinski definition) is 2. The van der Waals surface area contributed by atoms with E-state index in [9.17, 15) is 10.2 Å². The summed E-state index contributed by atoms with van der Waals surface area (Å²) < 4.78 is 20.2. The zero-order valence-corrected chi connectivity index (χ0v) is 21.3. The van der Waals surface area contributed by atoms with Gasteiger partial charge < -0.3 is 29.0 Å². The van der Waals surface area contributed by atoms with Crippen LogP contribution in [0.25, 0.3) is 10.9 Å². The molecule has 1 aromatic heterocycles. The van der Waals surface area contributed by atoms with Gasteiger partial charge in [0.15, 0.2) is 12.5 Å². The third kappa shape index (κ3) is 4.59. The van der Waals surface area contributed by atoms with E-state index in [-0.39, 0.29) is 6.61 Å². The number of aliphatic hydroxyl groups excluding tert-OH is 2. The van der Waals surface area contributed by atoms with Gasteiger partial charge in [0.05, 0.1) is 17.1 Å². The quantitative estimate of drug-likeness (QED) is 0.380. The monoisotopic (exact) mass is 519 g/mol. The second-order valence-electron chi connectivity index (χ2n) is 9.77. The van der Waals surface area contributed by atoms with Gasteiger partial charge in [-0.3, -0.25) is 0 Å². The Balaban J connectivity index is 1.30. The summed E-state index contributed by atoms with van der Waals surface area (Å²) in [6.07, 6.45) is -1.41. The van der Waals surface area contributed by atoms with Crippen LogP contribution in [-0.2, 0) is 27.1 Å². The fourth-order valence-corrected chi connectivity index (χ4v) is 5.70. The highest BCUT2D eigenvalue weighted by atomic mass is 35.5. The van der Waals surface area contributed by atoms with E-state index in [4.69, 9.17) is 25.8 Å². The molecule has 2 N–H and O–H groups in total. The number of nitrogens with zero attached hydrogens (tertiary/aromatic N) is 1. The molecular weight excluding hydrogens is 490 g/mol. The van der Waals surface area contributed by atoms with E-state index in [1.54, 1.807) is 0 Å². The van der Waals surface area contributed by atoms with Crippen LogP contribution in [0.1, 0.15) is 41.7 Å². The molecule has 3 aromatic carbocycles. The van der Waals surface area contributed by atoms with Crippen molar-refractivity contribution in [1.29, 1.82) is 0 Å². The lowest BCUT2D eigenvalue weighted by Gasteiger charge is -2.46. The maximum absolute atomic E-state index is 11.2. The first-order valence-corrected chi connectivity index (χ1v) is 13.1. The molecule has 2 aliphatic rings. The van der Waals surface area contributed by atoms with Gasteiger partial charge >= 0.3 is 0 Å². The molecule has 2 saturated heterocycles. The average Bonchev–Trinajstić information content (AvgIpc) is 3.30. The lowest BCUT2D eigenvalue weighted by molar-refractivity contribution is -0.338. The number of aromatic nitrogens is 1. The smallest absolute Gasteiger partial charge is 0.184 e. The summed E-state index contributed by atoms with van der Waals surface area (Å²) in [4.78, 5) is 0. The van der Waals surface area contributed by atoms with Crippen molar-refractivity contribution in [2.24, 2.45) is 0 Å². The highest BCUT2D eigenvalue weighted by Crippen LogP contribution is 2.40. The highest BCUT2D eigenvalue weighted by Gasteiger charge is 2.49. The average molecular weight is 520 g/mol.